The van der Waals surface area contributed by atoms with Crippen molar-refractivity contribution in [2.75, 3.05) is 13.1 Å². The maximum absolute atomic E-state index is 13.0. The van der Waals surface area contributed by atoms with Crippen molar-refractivity contribution >= 4 is 5.91 Å². The monoisotopic (exact) mass is 431 g/mol. The van der Waals surface area contributed by atoms with E-state index >= 15 is 0 Å². The van der Waals surface area contributed by atoms with Gasteiger partial charge in [-0.05, 0) is 30.3 Å². The molecule has 0 N–H and O–H groups in total. The number of likely N-dealkylation sites (tertiary alicyclic amines) is 1. The zero-order valence-electron chi connectivity index (χ0n) is 14.8. The lowest BCUT2D eigenvalue weighted by Gasteiger charge is -2.37. The van der Waals surface area contributed by atoms with E-state index in [0.717, 1.165) is 4.90 Å². The molecule has 0 unspecified atom stereocenters. The van der Waals surface area contributed by atoms with Gasteiger partial charge in [-0.25, -0.2) is 0 Å². The smallest absolute Gasteiger partial charge is 0.416 e. The Morgan fingerprint density at radius 2 is 1.67 bits per heavy atom. The minimum atomic E-state index is -5.03. The van der Waals surface area contributed by atoms with Crippen LogP contribution in [0.3, 0.4) is 0 Å². The molecule has 4 rings (SSSR count). The van der Waals surface area contributed by atoms with Gasteiger partial charge >= 0.3 is 12.4 Å². The zero-order valence-corrected chi connectivity index (χ0v) is 14.8. The highest BCUT2D eigenvalue weighted by Crippen LogP contribution is 2.37. The third kappa shape index (κ3) is 3.76. The third-order valence-electron chi connectivity index (χ3n) is 4.54. The molecule has 1 aromatic carbocycles. The van der Waals surface area contributed by atoms with E-state index in [2.05, 4.69) is 10.1 Å². The van der Waals surface area contributed by atoms with Crippen LogP contribution < -0.4 is 0 Å². The molecule has 0 radical (unpaired) electrons. The predicted molar refractivity (Wildman–Crippen MR) is 87.1 cm³/mol. The zero-order chi connectivity index (χ0) is 21.7. The minimum Gasteiger partial charge on any atom is -0.461 e. The van der Waals surface area contributed by atoms with Gasteiger partial charge in [-0.3, -0.25) is 4.79 Å². The van der Waals surface area contributed by atoms with E-state index in [1.165, 1.54) is 6.26 Å². The molecule has 1 aliphatic heterocycles. The predicted octanol–water partition coefficient (Wildman–Crippen LogP) is 4.61. The van der Waals surface area contributed by atoms with Gasteiger partial charge in [0.05, 0.1) is 23.3 Å². The Bertz CT molecular complexity index is 1030. The molecule has 1 fully saturated rings. The highest BCUT2D eigenvalue weighted by molar-refractivity contribution is 5.95. The number of hydrogen-bond donors (Lipinski definition) is 0. The van der Waals surface area contributed by atoms with Crippen LogP contribution in [0.2, 0.25) is 0 Å². The van der Waals surface area contributed by atoms with Crippen LogP contribution in [0, 0.1) is 0 Å². The van der Waals surface area contributed by atoms with Crippen LogP contribution >= 0.6 is 0 Å². The molecule has 30 heavy (non-hydrogen) atoms. The Kier molecular flexibility index (Phi) is 4.59. The second kappa shape index (κ2) is 6.89. The summed E-state index contributed by atoms with van der Waals surface area (Å²) in [5.41, 5.74) is -3.78. The molecule has 2 aromatic heterocycles. The Balaban J connectivity index is 1.51. The molecule has 6 nitrogen and oxygen atoms in total. The Hall–Kier alpha value is -3.31. The van der Waals surface area contributed by atoms with Crippen LogP contribution in [-0.4, -0.2) is 34.0 Å². The fourth-order valence-electron chi connectivity index (χ4n) is 2.97. The van der Waals surface area contributed by atoms with Crippen molar-refractivity contribution in [2.45, 2.75) is 18.3 Å². The quantitative estimate of drug-likeness (QED) is 0.567. The minimum absolute atomic E-state index is 0.0101. The van der Waals surface area contributed by atoms with E-state index in [1.54, 1.807) is 12.1 Å². The lowest BCUT2D eigenvalue weighted by atomic mass is 9.97. The summed E-state index contributed by atoms with van der Waals surface area (Å²) in [4.78, 5) is 17.7. The molecule has 0 aliphatic carbocycles. The van der Waals surface area contributed by atoms with Gasteiger partial charge in [0.15, 0.2) is 5.76 Å². The highest BCUT2D eigenvalue weighted by atomic mass is 19.4. The van der Waals surface area contributed by atoms with Gasteiger partial charge in [0.25, 0.3) is 5.91 Å². The number of hydrogen-bond acceptors (Lipinski definition) is 5. The Morgan fingerprint density at radius 1 is 1.03 bits per heavy atom. The van der Waals surface area contributed by atoms with Crippen LogP contribution in [-0.2, 0) is 12.4 Å². The molecule has 0 atom stereocenters. The molecule has 3 aromatic rings. The number of rotatable bonds is 3. The van der Waals surface area contributed by atoms with E-state index in [-0.39, 0.29) is 30.9 Å². The average Bonchev–Trinajstić information content (AvgIpc) is 3.30. The summed E-state index contributed by atoms with van der Waals surface area (Å²) >= 11 is 0. The molecule has 3 heterocycles. The van der Waals surface area contributed by atoms with E-state index in [4.69, 9.17) is 8.94 Å². The number of alkyl halides is 6. The molecule has 1 saturated heterocycles. The molecule has 158 valence electrons. The third-order valence-corrected chi connectivity index (χ3v) is 4.54. The Morgan fingerprint density at radius 3 is 2.20 bits per heavy atom. The standard InChI is InChI=1S/C18H11F6N3O3/c19-17(20,21)11-4-9(5-12(6-11)18(22,23)24)16(28)27-7-10(8-27)15-25-14(26-30-15)13-2-1-3-29-13/h1-6,10H,7-8H2. The first-order valence-electron chi connectivity index (χ1n) is 8.48. The molecule has 0 saturated carbocycles. The summed E-state index contributed by atoms with van der Waals surface area (Å²) in [6.07, 6.45) is -8.64. The van der Waals surface area contributed by atoms with Crippen molar-refractivity contribution in [2.24, 2.45) is 0 Å². The van der Waals surface area contributed by atoms with Gasteiger partial charge in [0.1, 0.15) is 0 Å². The molecular formula is C18H11F6N3O3. The van der Waals surface area contributed by atoms with Gasteiger partial charge in [-0.2, -0.15) is 31.3 Å². The summed E-state index contributed by atoms with van der Waals surface area (Å²) < 4.78 is 88.0. The molecule has 0 bridgehead atoms. The normalized spacial score (nSPS) is 15.3. The van der Waals surface area contributed by atoms with Crippen molar-refractivity contribution in [3.8, 4) is 11.6 Å². The van der Waals surface area contributed by atoms with E-state index in [0.29, 0.717) is 17.9 Å². The number of benzene rings is 1. The summed E-state index contributed by atoms with van der Waals surface area (Å²) in [5, 5.41) is 3.73. The number of aromatic nitrogens is 2. The number of furan rings is 1. The first-order chi connectivity index (χ1) is 14.0. The van der Waals surface area contributed by atoms with Gasteiger partial charge in [-0.1, -0.05) is 5.16 Å². The summed E-state index contributed by atoms with van der Waals surface area (Å²) in [5.74, 6) is -0.606. The van der Waals surface area contributed by atoms with Gasteiger partial charge in [0.2, 0.25) is 11.7 Å². The summed E-state index contributed by atoms with van der Waals surface area (Å²) in [6, 6.07) is 4.03. The lowest BCUT2D eigenvalue weighted by Crippen LogP contribution is -2.48. The van der Waals surface area contributed by atoms with Crippen molar-refractivity contribution in [3.05, 3.63) is 59.2 Å². The van der Waals surface area contributed by atoms with Crippen molar-refractivity contribution in [1.29, 1.82) is 0 Å². The van der Waals surface area contributed by atoms with E-state index in [9.17, 15) is 31.1 Å². The topological polar surface area (TPSA) is 72.4 Å². The second-order valence-electron chi connectivity index (χ2n) is 6.64. The summed E-state index contributed by atoms with van der Waals surface area (Å²) in [7, 11) is 0. The first kappa shape index (κ1) is 20.0. The number of carbonyl (C=O) groups is 1. The number of amides is 1. The van der Waals surface area contributed by atoms with Crippen LogP contribution in [0.5, 0.6) is 0 Å². The van der Waals surface area contributed by atoms with Crippen molar-refractivity contribution in [1.82, 2.24) is 15.0 Å². The number of halogens is 6. The second-order valence-corrected chi connectivity index (χ2v) is 6.64. The SMILES string of the molecule is O=C(c1cc(C(F)(F)F)cc(C(F)(F)F)c1)N1CC(c2nc(-c3ccco3)no2)C1. The molecule has 0 spiro atoms. The first-order valence-corrected chi connectivity index (χ1v) is 8.48. The number of carbonyl (C=O) groups excluding carboxylic acids is 1. The van der Waals surface area contributed by atoms with E-state index < -0.39 is 40.9 Å². The van der Waals surface area contributed by atoms with Gasteiger partial charge < -0.3 is 13.8 Å². The van der Waals surface area contributed by atoms with E-state index in [1.807, 2.05) is 0 Å². The maximum atomic E-state index is 13.0. The van der Waals surface area contributed by atoms with Crippen molar-refractivity contribution in [3.63, 3.8) is 0 Å². The van der Waals surface area contributed by atoms with Gasteiger partial charge in [-0.15, -0.1) is 0 Å². The molecule has 12 heteroatoms. The van der Waals surface area contributed by atoms with Crippen LogP contribution in [0.15, 0.2) is 45.5 Å². The summed E-state index contributed by atoms with van der Waals surface area (Å²) in [6.45, 7) is 0.0203. The number of nitrogens with zero attached hydrogens (tertiary/aromatic N) is 3. The maximum Gasteiger partial charge on any atom is 0.416 e. The van der Waals surface area contributed by atoms with Gasteiger partial charge in [0, 0.05) is 18.7 Å². The van der Waals surface area contributed by atoms with Crippen molar-refractivity contribution < 1.29 is 40.1 Å². The lowest BCUT2D eigenvalue weighted by molar-refractivity contribution is -0.143. The average molecular weight is 431 g/mol. The fourth-order valence-corrected chi connectivity index (χ4v) is 2.97. The van der Waals surface area contributed by atoms with Crippen LogP contribution in [0.1, 0.15) is 33.3 Å². The highest BCUT2D eigenvalue weighted by Gasteiger charge is 2.40. The largest absolute Gasteiger partial charge is 0.461 e. The molecular weight excluding hydrogens is 420 g/mol. The van der Waals surface area contributed by atoms with Crippen LogP contribution in [0.4, 0.5) is 26.3 Å². The Labute approximate surface area is 164 Å². The molecule has 1 aliphatic rings. The van der Waals surface area contributed by atoms with Crippen LogP contribution in [0.25, 0.3) is 11.6 Å². The fraction of sp³-hybridized carbons (Fsp3) is 0.278. The molecule has 1 amide bonds.